The fraction of sp³-hybridized carbons (Fsp3) is 0.917. The highest BCUT2D eigenvalue weighted by Crippen LogP contribution is 2.13. The van der Waals surface area contributed by atoms with Crippen LogP contribution in [0.5, 0.6) is 0 Å². The number of nitrogens with zero attached hydrogens (tertiary/aromatic N) is 2. The molecule has 1 aliphatic heterocycles. The van der Waals surface area contributed by atoms with Gasteiger partial charge in [-0.05, 0) is 39.3 Å². The summed E-state index contributed by atoms with van der Waals surface area (Å²) in [6.45, 7) is 7.27. The van der Waals surface area contributed by atoms with E-state index in [0.717, 1.165) is 13.0 Å². The lowest BCUT2D eigenvalue weighted by molar-refractivity contribution is -0.127. The molecule has 1 rings (SSSR count). The highest BCUT2D eigenvalue weighted by atomic mass is 16.2. The van der Waals surface area contributed by atoms with E-state index in [1.165, 1.54) is 32.4 Å². The van der Waals surface area contributed by atoms with Crippen LogP contribution >= 0.6 is 0 Å². The van der Waals surface area contributed by atoms with Gasteiger partial charge < -0.3 is 9.80 Å². The molecule has 0 radical (unpaired) electrons. The number of likely N-dealkylation sites (tertiary alicyclic amines) is 1. The van der Waals surface area contributed by atoms with Crippen LogP contribution in [0.2, 0.25) is 0 Å². The molecule has 0 aliphatic carbocycles. The maximum atomic E-state index is 11.0. The molecule has 0 aromatic rings. The Hall–Kier alpha value is -0.570. The standard InChI is InChI=1S/C12H24N2O/c1-11(7-10-13(3)12(2)15)14-8-5-4-6-9-14/h11H,4-10H2,1-3H3. The van der Waals surface area contributed by atoms with Crippen LogP contribution in [0.4, 0.5) is 0 Å². The Labute approximate surface area is 93.4 Å². The quantitative estimate of drug-likeness (QED) is 0.708. The summed E-state index contributed by atoms with van der Waals surface area (Å²) in [6, 6.07) is 0.618. The normalized spacial score (nSPS) is 19.9. The van der Waals surface area contributed by atoms with Crippen LogP contribution in [0.1, 0.15) is 39.5 Å². The maximum absolute atomic E-state index is 11.0. The fourth-order valence-electron chi connectivity index (χ4n) is 2.08. The van der Waals surface area contributed by atoms with Gasteiger partial charge in [0.2, 0.25) is 5.91 Å². The minimum atomic E-state index is 0.167. The summed E-state index contributed by atoms with van der Waals surface area (Å²) < 4.78 is 0. The number of carbonyl (C=O) groups excluding carboxylic acids is 1. The zero-order chi connectivity index (χ0) is 11.3. The van der Waals surface area contributed by atoms with Crippen LogP contribution in [0.25, 0.3) is 0 Å². The molecule has 0 saturated carbocycles. The molecule has 0 aromatic heterocycles. The lowest BCUT2D eigenvalue weighted by Gasteiger charge is -2.33. The topological polar surface area (TPSA) is 23.6 Å². The van der Waals surface area contributed by atoms with Crippen molar-refractivity contribution in [2.45, 2.75) is 45.6 Å². The Morgan fingerprint density at radius 3 is 2.47 bits per heavy atom. The number of amides is 1. The van der Waals surface area contributed by atoms with Crippen molar-refractivity contribution in [3.8, 4) is 0 Å². The van der Waals surface area contributed by atoms with E-state index in [1.54, 1.807) is 11.8 Å². The van der Waals surface area contributed by atoms with Crippen LogP contribution in [0.3, 0.4) is 0 Å². The van der Waals surface area contributed by atoms with Crippen LogP contribution in [-0.2, 0) is 4.79 Å². The second-order valence-electron chi connectivity index (χ2n) is 4.67. The molecule has 1 aliphatic rings. The van der Waals surface area contributed by atoms with Crippen molar-refractivity contribution >= 4 is 5.91 Å². The average molecular weight is 212 g/mol. The number of hydrogen-bond acceptors (Lipinski definition) is 2. The Balaban J connectivity index is 2.22. The van der Waals surface area contributed by atoms with E-state index in [4.69, 9.17) is 0 Å². The molecule has 1 fully saturated rings. The van der Waals surface area contributed by atoms with Crippen LogP contribution in [-0.4, -0.2) is 48.4 Å². The first-order valence-electron chi connectivity index (χ1n) is 6.07. The lowest BCUT2D eigenvalue weighted by atomic mass is 10.1. The Kier molecular flexibility index (Phi) is 5.09. The van der Waals surface area contributed by atoms with E-state index < -0.39 is 0 Å². The third-order valence-corrected chi connectivity index (χ3v) is 3.43. The molecule has 3 nitrogen and oxygen atoms in total. The molecule has 1 atom stereocenters. The number of carbonyl (C=O) groups is 1. The first kappa shape index (κ1) is 12.5. The van der Waals surface area contributed by atoms with Gasteiger partial charge in [-0.15, -0.1) is 0 Å². The van der Waals surface area contributed by atoms with Gasteiger partial charge in [-0.1, -0.05) is 6.42 Å². The number of rotatable bonds is 4. The van der Waals surface area contributed by atoms with Crippen LogP contribution in [0, 0.1) is 0 Å². The second kappa shape index (κ2) is 6.11. The monoisotopic (exact) mass is 212 g/mol. The highest BCUT2D eigenvalue weighted by molar-refractivity contribution is 5.72. The molecule has 0 aromatic carbocycles. The third kappa shape index (κ3) is 4.20. The Bertz CT molecular complexity index is 200. The summed E-state index contributed by atoms with van der Waals surface area (Å²) in [7, 11) is 1.88. The molecular formula is C12H24N2O. The molecule has 0 spiro atoms. The largest absolute Gasteiger partial charge is 0.346 e. The number of piperidine rings is 1. The molecule has 1 heterocycles. The van der Waals surface area contributed by atoms with E-state index in [1.807, 2.05) is 7.05 Å². The Morgan fingerprint density at radius 1 is 1.33 bits per heavy atom. The van der Waals surface area contributed by atoms with Gasteiger partial charge in [0.1, 0.15) is 0 Å². The minimum Gasteiger partial charge on any atom is -0.346 e. The summed E-state index contributed by atoms with van der Waals surface area (Å²) in [4.78, 5) is 15.4. The maximum Gasteiger partial charge on any atom is 0.219 e. The fourth-order valence-corrected chi connectivity index (χ4v) is 2.08. The van der Waals surface area contributed by atoms with E-state index in [-0.39, 0.29) is 5.91 Å². The van der Waals surface area contributed by atoms with Crippen molar-refractivity contribution in [2.75, 3.05) is 26.7 Å². The van der Waals surface area contributed by atoms with E-state index in [0.29, 0.717) is 6.04 Å². The summed E-state index contributed by atoms with van der Waals surface area (Å²) in [5, 5.41) is 0. The van der Waals surface area contributed by atoms with Crippen molar-refractivity contribution in [1.82, 2.24) is 9.80 Å². The third-order valence-electron chi connectivity index (χ3n) is 3.43. The van der Waals surface area contributed by atoms with Crippen molar-refractivity contribution in [3.05, 3.63) is 0 Å². The molecule has 0 N–H and O–H groups in total. The van der Waals surface area contributed by atoms with Gasteiger partial charge in [-0.25, -0.2) is 0 Å². The summed E-state index contributed by atoms with van der Waals surface area (Å²) in [5.41, 5.74) is 0. The average Bonchev–Trinajstić information content (AvgIpc) is 2.26. The van der Waals surface area contributed by atoms with Crippen LogP contribution in [0.15, 0.2) is 0 Å². The van der Waals surface area contributed by atoms with Crippen molar-refractivity contribution in [3.63, 3.8) is 0 Å². The van der Waals surface area contributed by atoms with Gasteiger partial charge in [0.15, 0.2) is 0 Å². The van der Waals surface area contributed by atoms with Crippen LogP contribution < -0.4 is 0 Å². The van der Waals surface area contributed by atoms with Gasteiger partial charge in [-0.2, -0.15) is 0 Å². The molecule has 0 bridgehead atoms. The minimum absolute atomic E-state index is 0.167. The van der Waals surface area contributed by atoms with Gasteiger partial charge >= 0.3 is 0 Å². The van der Waals surface area contributed by atoms with E-state index in [9.17, 15) is 4.79 Å². The van der Waals surface area contributed by atoms with Crippen molar-refractivity contribution in [2.24, 2.45) is 0 Å². The molecule has 15 heavy (non-hydrogen) atoms. The van der Waals surface area contributed by atoms with Crippen molar-refractivity contribution < 1.29 is 4.79 Å². The Morgan fingerprint density at radius 2 is 1.93 bits per heavy atom. The summed E-state index contributed by atoms with van der Waals surface area (Å²) in [6.07, 6.45) is 5.16. The zero-order valence-electron chi connectivity index (χ0n) is 10.3. The zero-order valence-corrected chi connectivity index (χ0v) is 10.3. The van der Waals surface area contributed by atoms with Gasteiger partial charge in [0, 0.05) is 26.6 Å². The summed E-state index contributed by atoms with van der Waals surface area (Å²) >= 11 is 0. The first-order chi connectivity index (χ1) is 7.11. The summed E-state index contributed by atoms with van der Waals surface area (Å²) in [5.74, 6) is 0.167. The van der Waals surface area contributed by atoms with E-state index in [2.05, 4.69) is 11.8 Å². The lowest BCUT2D eigenvalue weighted by Crippen LogP contribution is -2.39. The second-order valence-corrected chi connectivity index (χ2v) is 4.67. The van der Waals surface area contributed by atoms with Gasteiger partial charge in [-0.3, -0.25) is 4.79 Å². The van der Waals surface area contributed by atoms with Gasteiger partial charge in [0.05, 0.1) is 0 Å². The highest BCUT2D eigenvalue weighted by Gasteiger charge is 2.16. The molecule has 3 heteroatoms. The predicted octanol–water partition coefficient (Wildman–Crippen LogP) is 1.73. The number of hydrogen-bond donors (Lipinski definition) is 0. The first-order valence-corrected chi connectivity index (χ1v) is 6.07. The molecule has 1 amide bonds. The van der Waals surface area contributed by atoms with Crippen molar-refractivity contribution in [1.29, 1.82) is 0 Å². The molecular weight excluding hydrogens is 188 g/mol. The molecule has 88 valence electrons. The van der Waals surface area contributed by atoms with E-state index >= 15 is 0 Å². The SMILES string of the molecule is CC(=O)N(C)CCC(C)N1CCCCC1. The molecule has 1 saturated heterocycles. The smallest absolute Gasteiger partial charge is 0.219 e. The van der Waals surface area contributed by atoms with Gasteiger partial charge in [0.25, 0.3) is 0 Å². The molecule has 1 unspecified atom stereocenters. The predicted molar refractivity (Wildman–Crippen MR) is 62.8 cm³/mol.